The van der Waals surface area contributed by atoms with Gasteiger partial charge in [-0.05, 0) is 32.6 Å². The molecule has 0 fully saturated rings. The number of hydrogen-bond donors (Lipinski definition) is 0. The molecule has 0 N–H and O–H groups in total. The minimum Gasteiger partial charge on any atom is -0.103 e. The van der Waals surface area contributed by atoms with Crippen LogP contribution in [0, 0.1) is 0 Å². The summed E-state index contributed by atoms with van der Waals surface area (Å²) in [5, 5.41) is 0. The first-order valence-corrected chi connectivity index (χ1v) is 4.64. The van der Waals surface area contributed by atoms with Crippen molar-refractivity contribution in [1.82, 2.24) is 0 Å². The Labute approximate surface area is 71.0 Å². The second-order valence-corrected chi connectivity index (χ2v) is 2.85. The lowest BCUT2D eigenvalue weighted by atomic mass is 10.1. The lowest BCUT2D eigenvalue weighted by Gasteiger charge is -1.95. The van der Waals surface area contributed by atoms with Gasteiger partial charge in [0, 0.05) is 0 Å². The maximum atomic E-state index is 3.70. The van der Waals surface area contributed by atoms with Gasteiger partial charge in [-0.25, -0.2) is 0 Å². The molecule has 0 radical (unpaired) electrons. The van der Waals surface area contributed by atoms with Crippen LogP contribution in [0.25, 0.3) is 0 Å². The predicted molar refractivity (Wildman–Crippen MR) is 52.7 cm³/mol. The summed E-state index contributed by atoms with van der Waals surface area (Å²) in [6.07, 6.45) is 14.2. The molecule has 0 aliphatic rings. The van der Waals surface area contributed by atoms with Gasteiger partial charge < -0.3 is 0 Å². The van der Waals surface area contributed by atoms with E-state index in [1.165, 1.54) is 38.5 Å². The Morgan fingerprint density at radius 3 is 2.18 bits per heavy atom. The molecule has 64 valence electrons. The van der Waals surface area contributed by atoms with E-state index >= 15 is 0 Å². The highest BCUT2D eigenvalue weighted by molar-refractivity contribution is 4.76. The molecule has 0 unspecified atom stereocenters. The zero-order chi connectivity index (χ0) is 8.36. The van der Waals surface area contributed by atoms with E-state index in [1.54, 1.807) is 0 Å². The van der Waals surface area contributed by atoms with Gasteiger partial charge in [-0.3, -0.25) is 0 Å². The molecule has 0 saturated carbocycles. The summed E-state index contributed by atoms with van der Waals surface area (Å²) in [5.74, 6) is 0. The van der Waals surface area contributed by atoms with Crippen molar-refractivity contribution in [3.8, 4) is 0 Å². The largest absolute Gasteiger partial charge is 0.103 e. The zero-order valence-electron chi connectivity index (χ0n) is 7.68. The minimum atomic E-state index is 1.18. The first-order chi connectivity index (χ1) is 5.41. The first kappa shape index (κ1) is 10.5. The molecule has 0 aromatic rings. The van der Waals surface area contributed by atoms with Crippen LogP contribution >= 0.6 is 0 Å². The highest BCUT2D eigenvalue weighted by Crippen LogP contribution is 2.05. The molecule has 0 aliphatic heterocycles. The molecule has 0 heterocycles. The van der Waals surface area contributed by atoms with Crippen molar-refractivity contribution < 1.29 is 0 Å². The minimum absolute atomic E-state index is 1.18. The summed E-state index contributed by atoms with van der Waals surface area (Å²) >= 11 is 0. The molecule has 0 saturated heterocycles. The predicted octanol–water partition coefficient (Wildman–Crippen LogP) is 4.09. The SMILES string of the molecule is C=CCCCCCCC=CC. The van der Waals surface area contributed by atoms with Crippen molar-refractivity contribution in [1.29, 1.82) is 0 Å². The number of rotatable bonds is 7. The van der Waals surface area contributed by atoms with E-state index in [4.69, 9.17) is 0 Å². The van der Waals surface area contributed by atoms with E-state index in [1.807, 2.05) is 6.08 Å². The van der Waals surface area contributed by atoms with E-state index < -0.39 is 0 Å². The molecule has 0 aliphatic carbocycles. The summed E-state index contributed by atoms with van der Waals surface area (Å²) in [7, 11) is 0. The Bertz CT molecular complexity index is 101. The molecule has 11 heavy (non-hydrogen) atoms. The molecule has 0 atom stereocenters. The maximum absolute atomic E-state index is 3.70. The molecule has 0 aromatic heterocycles. The molecule has 0 rings (SSSR count). The summed E-state index contributed by atoms with van der Waals surface area (Å²) in [6.45, 7) is 5.78. The highest BCUT2D eigenvalue weighted by Gasteiger charge is 1.85. The Balaban J connectivity index is 2.84. The van der Waals surface area contributed by atoms with Gasteiger partial charge in [-0.2, -0.15) is 0 Å². The van der Waals surface area contributed by atoms with E-state index in [0.29, 0.717) is 0 Å². The van der Waals surface area contributed by atoms with Gasteiger partial charge in [0.2, 0.25) is 0 Å². The average molecular weight is 152 g/mol. The van der Waals surface area contributed by atoms with Crippen LogP contribution in [-0.4, -0.2) is 0 Å². The summed E-state index contributed by atoms with van der Waals surface area (Å²) < 4.78 is 0. The molecule has 0 nitrogen and oxygen atoms in total. The Morgan fingerprint density at radius 2 is 1.64 bits per heavy atom. The van der Waals surface area contributed by atoms with Crippen molar-refractivity contribution in [3.63, 3.8) is 0 Å². The number of unbranched alkanes of at least 4 members (excludes halogenated alkanes) is 5. The lowest BCUT2D eigenvalue weighted by molar-refractivity contribution is 0.652. The van der Waals surface area contributed by atoms with Crippen LogP contribution in [0.4, 0.5) is 0 Å². The van der Waals surface area contributed by atoms with Crippen molar-refractivity contribution in [2.75, 3.05) is 0 Å². The Kier molecular flexibility index (Phi) is 9.03. The van der Waals surface area contributed by atoms with E-state index in [0.717, 1.165) is 0 Å². The molecule has 0 amide bonds. The summed E-state index contributed by atoms with van der Waals surface area (Å²) in [6, 6.07) is 0. The van der Waals surface area contributed by atoms with Crippen LogP contribution in [0.3, 0.4) is 0 Å². The van der Waals surface area contributed by atoms with Crippen LogP contribution in [-0.2, 0) is 0 Å². The fraction of sp³-hybridized carbons (Fsp3) is 0.636. The number of hydrogen-bond acceptors (Lipinski definition) is 0. The fourth-order valence-corrected chi connectivity index (χ4v) is 1.07. The van der Waals surface area contributed by atoms with Crippen LogP contribution in [0.2, 0.25) is 0 Å². The Morgan fingerprint density at radius 1 is 1.00 bits per heavy atom. The van der Waals surface area contributed by atoms with E-state index in [-0.39, 0.29) is 0 Å². The molecule has 0 bridgehead atoms. The topological polar surface area (TPSA) is 0 Å². The van der Waals surface area contributed by atoms with E-state index in [2.05, 4.69) is 25.7 Å². The first-order valence-electron chi connectivity index (χ1n) is 4.64. The van der Waals surface area contributed by atoms with Gasteiger partial charge in [0.15, 0.2) is 0 Å². The van der Waals surface area contributed by atoms with Crippen LogP contribution in [0.1, 0.15) is 45.4 Å². The third-order valence-corrected chi connectivity index (χ3v) is 1.76. The second kappa shape index (κ2) is 9.48. The van der Waals surface area contributed by atoms with Gasteiger partial charge in [0.25, 0.3) is 0 Å². The van der Waals surface area contributed by atoms with Crippen LogP contribution in [0.5, 0.6) is 0 Å². The van der Waals surface area contributed by atoms with Gasteiger partial charge in [0.05, 0.1) is 0 Å². The van der Waals surface area contributed by atoms with Crippen molar-refractivity contribution >= 4 is 0 Å². The van der Waals surface area contributed by atoms with Gasteiger partial charge in [0.1, 0.15) is 0 Å². The molecular weight excluding hydrogens is 132 g/mol. The lowest BCUT2D eigenvalue weighted by Crippen LogP contribution is -1.75. The van der Waals surface area contributed by atoms with Crippen molar-refractivity contribution in [2.45, 2.75) is 45.4 Å². The van der Waals surface area contributed by atoms with Crippen molar-refractivity contribution in [2.24, 2.45) is 0 Å². The monoisotopic (exact) mass is 152 g/mol. The van der Waals surface area contributed by atoms with Crippen molar-refractivity contribution in [3.05, 3.63) is 24.8 Å². The summed E-state index contributed by atoms with van der Waals surface area (Å²) in [4.78, 5) is 0. The number of allylic oxidation sites excluding steroid dienone is 3. The highest BCUT2D eigenvalue weighted by atomic mass is 13.9. The molecule has 0 aromatic carbocycles. The molecule has 0 spiro atoms. The molecular formula is C11H20. The maximum Gasteiger partial charge on any atom is -0.0351 e. The zero-order valence-corrected chi connectivity index (χ0v) is 7.68. The average Bonchev–Trinajstić information content (AvgIpc) is 2.03. The smallest absolute Gasteiger partial charge is 0.0351 e. The van der Waals surface area contributed by atoms with Crippen LogP contribution < -0.4 is 0 Å². The summed E-state index contributed by atoms with van der Waals surface area (Å²) in [5.41, 5.74) is 0. The molecule has 0 heteroatoms. The Hall–Kier alpha value is -0.520. The van der Waals surface area contributed by atoms with Gasteiger partial charge in [-0.1, -0.05) is 31.1 Å². The standard InChI is InChI=1S/C11H20/c1-3-5-7-9-11-10-8-6-4-2/h3-4,6H,1,5,7-11H2,2H3. The second-order valence-electron chi connectivity index (χ2n) is 2.85. The van der Waals surface area contributed by atoms with Gasteiger partial charge >= 0.3 is 0 Å². The normalized spacial score (nSPS) is 10.6. The van der Waals surface area contributed by atoms with Gasteiger partial charge in [-0.15, -0.1) is 6.58 Å². The van der Waals surface area contributed by atoms with E-state index in [9.17, 15) is 0 Å². The third kappa shape index (κ3) is 9.48. The third-order valence-electron chi connectivity index (χ3n) is 1.76. The fourth-order valence-electron chi connectivity index (χ4n) is 1.07. The van der Waals surface area contributed by atoms with Crippen LogP contribution in [0.15, 0.2) is 24.8 Å². The quantitative estimate of drug-likeness (QED) is 0.381.